The molecule has 0 spiro atoms. The van der Waals surface area contributed by atoms with Gasteiger partial charge in [-0.1, -0.05) is 42.5 Å². The first kappa shape index (κ1) is 26.3. The van der Waals surface area contributed by atoms with Crippen LogP contribution in [0.5, 0.6) is 23.0 Å². The van der Waals surface area contributed by atoms with E-state index in [1.807, 2.05) is 59.3 Å². The molecule has 9 nitrogen and oxygen atoms in total. The van der Waals surface area contributed by atoms with Gasteiger partial charge in [-0.15, -0.1) is 0 Å². The number of hydrogen-bond acceptors (Lipinski definition) is 8. The number of nitrogens with zero attached hydrogens (tertiary/aromatic N) is 2. The van der Waals surface area contributed by atoms with Gasteiger partial charge < -0.3 is 34.3 Å². The van der Waals surface area contributed by atoms with Gasteiger partial charge in [-0.2, -0.15) is 5.10 Å². The van der Waals surface area contributed by atoms with Gasteiger partial charge in [0.1, 0.15) is 18.1 Å². The minimum atomic E-state index is -0.210. The van der Waals surface area contributed by atoms with Crippen molar-refractivity contribution >= 4 is 22.4 Å². The molecule has 1 saturated heterocycles. The van der Waals surface area contributed by atoms with E-state index in [1.165, 1.54) is 0 Å². The van der Waals surface area contributed by atoms with E-state index in [1.54, 1.807) is 21.3 Å². The van der Waals surface area contributed by atoms with Gasteiger partial charge in [-0.05, 0) is 47.5 Å². The molecule has 0 saturated carbocycles. The number of nitrogens with one attached hydrogen (secondary N) is 2. The van der Waals surface area contributed by atoms with E-state index in [0.29, 0.717) is 24.7 Å². The lowest BCUT2D eigenvalue weighted by molar-refractivity contribution is 0.303. The van der Waals surface area contributed by atoms with Crippen molar-refractivity contribution in [2.24, 2.45) is 0 Å². The number of rotatable bonds is 12. The standard InChI is InChI=1S/C32H32N4O5/c1-37-24-7-6-8-25(18-24)40-20-22-13-11-21(12-14-22)19-36-27-10-5-4-9-26(27)30(35-36)34-32-31(41-32)33-23-15-16-28(38-2)29(17-23)39-3/h4-18,31-33H,19-20H2,1-3H3,(H,34,35). The lowest BCUT2D eigenvalue weighted by Gasteiger charge is -2.10. The van der Waals surface area contributed by atoms with Crippen LogP contribution in [0.2, 0.25) is 0 Å². The number of aromatic nitrogens is 2. The molecule has 0 amide bonds. The van der Waals surface area contributed by atoms with Crippen molar-refractivity contribution in [3.63, 3.8) is 0 Å². The van der Waals surface area contributed by atoms with Crippen molar-refractivity contribution in [3.8, 4) is 23.0 Å². The number of fused-ring (bicyclic) bond motifs is 1. The Hall–Kier alpha value is -4.89. The number of anilines is 2. The van der Waals surface area contributed by atoms with Gasteiger partial charge in [-0.3, -0.25) is 4.68 Å². The summed E-state index contributed by atoms with van der Waals surface area (Å²) in [4.78, 5) is 0. The van der Waals surface area contributed by atoms with Crippen molar-refractivity contribution in [2.75, 3.05) is 32.0 Å². The minimum Gasteiger partial charge on any atom is -0.497 e. The molecule has 9 heteroatoms. The first-order chi connectivity index (χ1) is 20.1. The van der Waals surface area contributed by atoms with Crippen LogP contribution in [-0.2, 0) is 17.9 Å². The van der Waals surface area contributed by atoms with Gasteiger partial charge in [-0.25, -0.2) is 0 Å². The van der Waals surface area contributed by atoms with Crippen molar-refractivity contribution in [2.45, 2.75) is 25.6 Å². The van der Waals surface area contributed by atoms with Crippen molar-refractivity contribution in [1.82, 2.24) is 9.78 Å². The van der Waals surface area contributed by atoms with Crippen LogP contribution in [0.3, 0.4) is 0 Å². The summed E-state index contributed by atoms with van der Waals surface area (Å²) in [6, 6.07) is 29.9. The number of epoxide rings is 1. The normalized spacial score (nSPS) is 15.8. The van der Waals surface area contributed by atoms with Gasteiger partial charge in [0.25, 0.3) is 0 Å². The summed E-state index contributed by atoms with van der Waals surface area (Å²) in [6.45, 7) is 1.12. The first-order valence-corrected chi connectivity index (χ1v) is 13.3. The zero-order chi connectivity index (χ0) is 28.2. The fourth-order valence-corrected chi connectivity index (χ4v) is 4.68. The van der Waals surface area contributed by atoms with E-state index >= 15 is 0 Å². The summed E-state index contributed by atoms with van der Waals surface area (Å²) in [6.07, 6.45) is -0.400. The summed E-state index contributed by atoms with van der Waals surface area (Å²) >= 11 is 0. The minimum absolute atomic E-state index is 0.191. The van der Waals surface area contributed by atoms with E-state index in [4.69, 9.17) is 28.8 Å². The summed E-state index contributed by atoms with van der Waals surface area (Å²) in [5.41, 5.74) is 4.16. The van der Waals surface area contributed by atoms with E-state index < -0.39 is 0 Å². The fourth-order valence-electron chi connectivity index (χ4n) is 4.68. The Morgan fingerprint density at radius 2 is 1.49 bits per heavy atom. The summed E-state index contributed by atoms with van der Waals surface area (Å²) < 4.78 is 29.8. The van der Waals surface area contributed by atoms with Crippen LogP contribution in [0.4, 0.5) is 11.5 Å². The maximum atomic E-state index is 5.93. The molecule has 0 bridgehead atoms. The third kappa shape index (κ3) is 6.00. The van der Waals surface area contributed by atoms with E-state index in [-0.39, 0.29) is 12.5 Å². The molecule has 1 aromatic heterocycles. The second-order valence-corrected chi connectivity index (χ2v) is 9.64. The molecule has 5 aromatic rings. The molecule has 4 aromatic carbocycles. The quantitative estimate of drug-likeness (QED) is 0.185. The Labute approximate surface area is 238 Å². The van der Waals surface area contributed by atoms with Gasteiger partial charge in [0, 0.05) is 23.2 Å². The highest BCUT2D eigenvalue weighted by molar-refractivity contribution is 5.90. The van der Waals surface area contributed by atoms with Crippen molar-refractivity contribution in [1.29, 1.82) is 0 Å². The van der Waals surface area contributed by atoms with Crippen LogP contribution in [0.15, 0.2) is 91.0 Å². The summed E-state index contributed by atoms with van der Waals surface area (Å²) in [5.74, 6) is 3.67. The van der Waals surface area contributed by atoms with Crippen LogP contribution in [0.1, 0.15) is 11.1 Å². The zero-order valence-electron chi connectivity index (χ0n) is 23.2. The molecular formula is C32H32N4O5. The second-order valence-electron chi connectivity index (χ2n) is 9.64. The predicted molar refractivity (Wildman–Crippen MR) is 158 cm³/mol. The SMILES string of the molecule is COc1cccc(OCc2ccc(Cn3nc(NC4OC4Nc4ccc(OC)c(OC)c4)c4ccccc43)cc2)c1. The van der Waals surface area contributed by atoms with Crippen LogP contribution >= 0.6 is 0 Å². The molecule has 41 heavy (non-hydrogen) atoms. The zero-order valence-corrected chi connectivity index (χ0v) is 23.2. The summed E-state index contributed by atoms with van der Waals surface area (Å²) in [7, 11) is 4.89. The Bertz CT molecular complexity index is 1640. The Balaban J connectivity index is 1.10. The molecular weight excluding hydrogens is 520 g/mol. The van der Waals surface area contributed by atoms with Gasteiger partial charge in [0.15, 0.2) is 29.8 Å². The van der Waals surface area contributed by atoms with Gasteiger partial charge in [0.05, 0.1) is 33.4 Å². The molecule has 210 valence electrons. The number of hydrogen-bond donors (Lipinski definition) is 2. The molecule has 2 N–H and O–H groups in total. The van der Waals surface area contributed by atoms with Crippen molar-refractivity contribution in [3.05, 3.63) is 102 Å². The predicted octanol–water partition coefficient (Wildman–Crippen LogP) is 5.90. The van der Waals surface area contributed by atoms with Crippen LogP contribution < -0.4 is 29.6 Å². The molecule has 0 radical (unpaired) electrons. The Morgan fingerprint density at radius 3 is 2.29 bits per heavy atom. The smallest absolute Gasteiger partial charge is 0.177 e. The fraction of sp³-hybridized carbons (Fsp3) is 0.219. The third-order valence-corrected chi connectivity index (χ3v) is 6.92. The lowest BCUT2D eigenvalue weighted by atomic mass is 10.1. The largest absolute Gasteiger partial charge is 0.497 e. The lowest BCUT2D eigenvalue weighted by Crippen LogP contribution is -2.14. The summed E-state index contributed by atoms with van der Waals surface area (Å²) in [5, 5.41) is 12.7. The van der Waals surface area contributed by atoms with Crippen LogP contribution in [0.25, 0.3) is 10.9 Å². The Morgan fingerprint density at radius 1 is 0.732 bits per heavy atom. The molecule has 6 rings (SSSR count). The Kier molecular flexibility index (Phi) is 7.51. The van der Waals surface area contributed by atoms with Gasteiger partial charge >= 0.3 is 0 Å². The molecule has 1 aliphatic rings. The number of methoxy groups -OCH3 is 3. The number of ether oxygens (including phenoxy) is 5. The second kappa shape index (κ2) is 11.7. The molecule has 1 fully saturated rings. The average Bonchev–Trinajstić information content (AvgIpc) is 3.66. The number of benzene rings is 4. The maximum Gasteiger partial charge on any atom is 0.177 e. The molecule has 2 heterocycles. The van der Waals surface area contributed by atoms with Crippen LogP contribution in [-0.4, -0.2) is 43.6 Å². The van der Waals surface area contributed by atoms with E-state index in [2.05, 4.69) is 47.0 Å². The molecule has 2 atom stereocenters. The molecule has 1 aliphatic heterocycles. The topological polar surface area (TPSA) is 91.3 Å². The third-order valence-electron chi connectivity index (χ3n) is 6.92. The monoisotopic (exact) mass is 552 g/mol. The highest BCUT2D eigenvalue weighted by Crippen LogP contribution is 2.34. The first-order valence-electron chi connectivity index (χ1n) is 13.3. The van der Waals surface area contributed by atoms with E-state index in [0.717, 1.165) is 45.0 Å². The maximum absolute atomic E-state index is 5.93. The molecule has 0 aliphatic carbocycles. The highest BCUT2D eigenvalue weighted by atomic mass is 16.6. The van der Waals surface area contributed by atoms with Gasteiger partial charge in [0.2, 0.25) is 0 Å². The van der Waals surface area contributed by atoms with Crippen LogP contribution in [0, 0.1) is 0 Å². The number of para-hydroxylation sites is 1. The van der Waals surface area contributed by atoms with E-state index in [9.17, 15) is 0 Å². The van der Waals surface area contributed by atoms with Crippen molar-refractivity contribution < 1.29 is 23.7 Å². The average molecular weight is 553 g/mol. The highest BCUT2D eigenvalue weighted by Gasteiger charge is 2.40. The molecule has 2 unspecified atom stereocenters.